The van der Waals surface area contributed by atoms with E-state index in [0.717, 1.165) is 23.4 Å². The molecule has 1 aliphatic heterocycles. The van der Waals surface area contributed by atoms with Crippen LogP contribution in [0.1, 0.15) is 31.9 Å². The normalized spacial score (nSPS) is 20.4. The molecule has 3 heteroatoms. The van der Waals surface area contributed by atoms with Crippen molar-refractivity contribution < 1.29 is 4.79 Å². The lowest BCUT2D eigenvalue weighted by Crippen LogP contribution is -2.42. The average Bonchev–Trinajstić information content (AvgIpc) is 2.53. The second kappa shape index (κ2) is 5.84. The molecule has 0 saturated heterocycles. The molecule has 0 aromatic heterocycles. The van der Waals surface area contributed by atoms with E-state index in [1.807, 2.05) is 47.4 Å². The Morgan fingerprint density at radius 3 is 2.45 bits per heavy atom. The Bertz CT molecular complexity index is 668. The molecule has 0 saturated carbocycles. The zero-order valence-corrected chi connectivity index (χ0v) is 13.1. The first-order chi connectivity index (χ1) is 10.6. The van der Waals surface area contributed by atoms with Crippen LogP contribution < -0.4 is 9.80 Å². The van der Waals surface area contributed by atoms with E-state index >= 15 is 0 Å². The van der Waals surface area contributed by atoms with Crippen molar-refractivity contribution in [1.82, 2.24) is 0 Å². The van der Waals surface area contributed by atoms with Gasteiger partial charge in [0.05, 0.1) is 6.04 Å². The predicted molar refractivity (Wildman–Crippen MR) is 90.7 cm³/mol. The first-order valence-corrected chi connectivity index (χ1v) is 7.63. The van der Waals surface area contributed by atoms with E-state index in [9.17, 15) is 4.79 Å². The molecule has 3 rings (SSSR count). The van der Waals surface area contributed by atoms with Crippen LogP contribution in [0.2, 0.25) is 0 Å². The van der Waals surface area contributed by atoms with Gasteiger partial charge in [0, 0.05) is 31.4 Å². The molecule has 0 bridgehead atoms. The van der Waals surface area contributed by atoms with Crippen LogP contribution in [0.5, 0.6) is 0 Å². The zero-order chi connectivity index (χ0) is 15.7. The molecule has 2 unspecified atom stereocenters. The second-order valence-corrected chi connectivity index (χ2v) is 5.85. The lowest BCUT2D eigenvalue weighted by Gasteiger charge is -2.42. The van der Waals surface area contributed by atoms with Gasteiger partial charge in [-0.2, -0.15) is 0 Å². The Morgan fingerprint density at radius 1 is 1.14 bits per heavy atom. The number of anilines is 2. The number of nitrogens with zero attached hydrogens (tertiary/aromatic N) is 2. The molecular formula is C19H21N2O. The Kier molecular flexibility index (Phi) is 3.88. The number of carbonyl (C=O) groups is 1. The predicted octanol–water partition coefficient (Wildman–Crippen LogP) is 4.17. The van der Waals surface area contributed by atoms with Gasteiger partial charge in [0.15, 0.2) is 0 Å². The maximum atomic E-state index is 12.3. The topological polar surface area (TPSA) is 23.6 Å². The minimum absolute atomic E-state index is 0.0455. The van der Waals surface area contributed by atoms with Crippen molar-refractivity contribution in [3.8, 4) is 0 Å². The van der Waals surface area contributed by atoms with Gasteiger partial charge < -0.3 is 9.80 Å². The molecule has 2 aromatic carbocycles. The van der Waals surface area contributed by atoms with Crippen LogP contribution in [-0.2, 0) is 4.79 Å². The highest BCUT2D eigenvalue weighted by Crippen LogP contribution is 2.41. The fourth-order valence-electron chi connectivity index (χ4n) is 3.26. The second-order valence-electron chi connectivity index (χ2n) is 5.85. The van der Waals surface area contributed by atoms with Crippen molar-refractivity contribution in [2.75, 3.05) is 9.80 Å². The van der Waals surface area contributed by atoms with Crippen LogP contribution in [0.15, 0.2) is 54.6 Å². The van der Waals surface area contributed by atoms with Crippen LogP contribution in [-0.4, -0.2) is 11.9 Å². The zero-order valence-electron chi connectivity index (χ0n) is 13.1. The van der Waals surface area contributed by atoms with Gasteiger partial charge in [-0.1, -0.05) is 36.4 Å². The smallest absolute Gasteiger partial charge is 0.224 e. The summed E-state index contributed by atoms with van der Waals surface area (Å²) in [5.74, 6) is 0.0655. The molecule has 0 spiro atoms. The van der Waals surface area contributed by atoms with E-state index in [-0.39, 0.29) is 18.0 Å². The molecule has 2 aromatic rings. The monoisotopic (exact) mass is 293 g/mol. The number of rotatable bonds is 2. The lowest BCUT2D eigenvalue weighted by molar-refractivity contribution is -0.117. The van der Waals surface area contributed by atoms with Crippen molar-refractivity contribution in [1.29, 1.82) is 0 Å². The van der Waals surface area contributed by atoms with E-state index in [1.165, 1.54) is 0 Å². The Morgan fingerprint density at radius 2 is 1.77 bits per heavy atom. The number of amides is 1. The Hall–Kier alpha value is -2.29. The number of para-hydroxylation sites is 2. The fraction of sp³-hybridized carbons (Fsp3) is 0.263. The third-order valence-electron chi connectivity index (χ3n) is 4.39. The van der Waals surface area contributed by atoms with Crippen molar-refractivity contribution in [2.45, 2.75) is 32.4 Å². The highest BCUT2D eigenvalue weighted by atomic mass is 16.2. The summed E-state index contributed by atoms with van der Waals surface area (Å²) in [5, 5.41) is 0. The van der Waals surface area contributed by atoms with E-state index in [4.69, 9.17) is 0 Å². The molecule has 0 N–H and O–H groups in total. The summed E-state index contributed by atoms with van der Waals surface area (Å²) in [7, 11) is 4.16. The van der Waals surface area contributed by atoms with Crippen LogP contribution in [0, 0.1) is 7.05 Å². The molecule has 1 heterocycles. The molecule has 1 radical (unpaired) electrons. The van der Waals surface area contributed by atoms with Gasteiger partial charge in [-0.05, 0) is 37.1 Å². The quantitative estimate of drug-likeness (QED) is 0.829. The van der Waals surface area contributed by atoms with Crippen LogP contribution in [0.3, 0.4) is 0 Å². The summed E-state index contributed by atoms with van der Waals surface area (Å²) >= 11 is 0. The van der Waals surface area contributed by atoms with Crippen LogP contribution in [0.25, 0.3) is 0 Å². The third-order valence-corrected chi connectivity index (χ3v) is 4.39. The first-order valence-electron chi connectivity index (χ1n) is 7.63. The third kappa shape index (κ3) is 2.47. The number of hydrogen-bond donors (Lipinski definition) is 0. The summed E-state index contributed by atoms with van der Waals surface area (Å²) < 4.78 is 0. The lowest BCUT2D eigenvalue weighted by atomic mass is 9.90. The summed E-state index contributed by atoms with van der Waals surface area (Å²) in [6, 6.07) is 18.4. The highest BCUT2D eigenvalue weighted by Gasteiger charge is 2.33. The molecule has 1 aliphatic rings. The molecular weight excluding hydrogens is 272 g/mol. The fourth-order valence-corrected chi connectivity index (χ4v) is 3.26. The standard InChI is InChI=1S/C19H21N2O/c1-14-13-19(17-11-7-8-12-18(17)20(14)3)21(15(2)22)16-9-5-4-6-10-16/h4-12,14,19H,3,13H2,1-2H3. The number of benzene rings is 2. The van der Waals surface area contributed by atoms with E-state index in [1.54, 1.807) is 6.92 Å². The van der Waals surface area contributed by atoms with Gasteiger partial charge in [0.25, 0.3) is 0 Å². The van der Waals surface area contributed by atoms with Gasteiger partial charge in [0.1, 0.15) is 0 Å². The molecule has 0 aliphatic carbocycles. The van der Waals surface area contributed by atoms with Crippen molar-refractivity contribution in [3.05, 3.63) is 67.2 Å². The minimum atomic E-state index is 0.0455. The van der Waals surface area contributed by atoms with Crippen molar-refractivity contribution >= 4 is 17.3 Å². The Labute approximate surface area is 132 Å². The van der Waals surface area contributed by atoms with Crippen LogP contribution >= 0.6 is 0 Å². The van der Waals surface area contributed by atoms with Crippen molar-refractivity contribution in [2.24, 2.45) is 0 Å². The minimum Gasteiger partial charge on any atom is -0.367 e. The number of hydrogen-bond acceptors (Lipinski definition) is 2. The van der Waals surface area contributed by atoms with E-state index in [0.29, 0.717) is 0 Å². The maximum Gasteiger partial charge on any atom is 0.224 e. The average molecular weight is 293 g/mol. The highest BCUT2D eigenvalue weighted by molar-refractivity contribution is 5.92. The number of fused-ring (bicyclic) bond motifs is 1. The van der Waals surface area contributed by atoms with Gasteiger partial charge >= 0.3 is 0 Å². The van der Waals surface area contributed by atoms with Crippen LogP contribution in [0.4, 0.5) is 11.4 Å². The van der Waals surface area contributed by atoms with Gasteiger partial charge in [-0.25, -0.2) is 0 Å². The van der Waals surface area contributed by atoms with Gasteiger partial charge in [-0.3, -0.25) is 4.79 Å². The molecule has 0 fully saturated rings. The maximum absolute atomic E-state index is 12.3. The molecule has 1 amide bonds. The van der Waals surface area contributed by atoms with Crippen molar-refractivity contribution in [3.63, 3.8) is 0 Å². The molecule has 2 atom stereocenters. The Balaban J connectivity index is 2.09. The summed E-state index contributed by atoms with van der Waals surface area (Å²) in [5.41, 5.74) is 3.21. The van der Waals surface area contributed by atoms with E-state index in [2.05, 4.69) is 31.0 Å². The van der Waals surface area contributed by atoms with E-state index < -0.39 is 0 Å². The van der Waals surface area contributed by atoms with Gasteiger partial charge in [0.2, 0.25) is 5.91 Å². The summed E-state index contributed by atoms with van der Waals surface area (Å²) in [6.07, 6.45) is 0.870. The first kappa shape index (κ1) is 14.6. The largest absolute Gasteiger partial charge is 0.367 e. The molecule has 113 valence electrons. The number of carbonyl (C=O) groups excluding carboxylic acids is 1. The molecule has 22 heavy (non-hydrogen) atoms. The SMILES string of the molecule is [CH2]N1c2ccccc2C(N(C(C)=O)c2ccccc2)CC1C. The molecule has 3 nitrogen and oxygen atoms in total. The summed E-state index contributed by atoms with van der Waals surface area (Å²) in [6.45, 7) is 3.79. The summed E-state index contributed by atoms with van der Waals surface area (Å²) in [4.78, 5) is 16.3. The van der Waals surface area contributed by atoms with Gasteiger partial charge in [-0.15, -0.1) is 0 Å².